The summed E-state index contributed by atoms with van der Waals surface area (Å²) in [5.41, 5.74) is 0.145. The highest BCUT2D eigenvalue weighted by molar-refractivity contribution is 7.12. The van der Waals surface area contributed by atoms with Crippen molar-refractivity contribution >= 4 is 21.9 Å². The minimum Gasteiger partial charge on any atom is -0.309 e. The first-order chi connectivity index (χ1) is 6.31. The normalized spacial score (nSPS) is 10.8. The molecule has 6 heteroatoms. The van der Waals surface area contributed by atoms with Gasteiger partial charge in [-0.25, -0.2) is 4.98 Å². The van der Waals surface area contributed by atoms with Crippen LogP contribution in [0.3, 0.4) is 0 Å². The molecule has 0 aliphatic rings. The fourth-order valence-corrected chi connectivity index (χ4v) is 1.67. The van der Waals surface area contributed by atoms with Gasteiger partial charge in [0.15, 0.2) is 10.3 Å². The molecule has 0 radical (unpaired) electrons. The number of H-pyrrole nitrogens is 1. The third-order valence-corrected chi connectivity index (χ3v) is 2.29. The Morgan fingerprint density at radius 3 is 3.15 bits per heavy atom. The van der Waals surface area contributed by atoms with E-state index in [9.17, 15) is 4.79 Å². The molecule has 68 valence electrons. The Morgan fingerprint density at radius 2 is 2.38 bits per heavy atom. The molecule has 0 saturated heterocycles. The molecule has 0 aromatic carbocycles. The van der Waals surface area contributed by atoms with Crippen LogP contribution in [0.5, 0.6) is 0 Å². The number of hydrogen-bond acceptors (Lipinski definition) is 5. The summed E-state index contributed by atoms with van der Waals surface area (Å²) in [5, 5.41) is 3.68. The first kappa shape index (κ1) is 8.31. The van der Waals surface area contributed by atoms with Crippen molar-refractivity contribution in [2.45, 2.75) is 19.8 Å². The van der Waals surface area contributed by atoms with Gasteiger partial charge in [0.2, 0.25) is 0 Å². The summed E-state index contributed by atoms with van der Waals surface area (Å²) in [6, 6.07) is 0. The average Bonchev–Trinajstić information content (AvgIpc) is 2.53. The molecule has 0 atom stereocenters. The number of fused-ring (bicyclic) bond motifs is 1. The zero-order valence-electron chi connectivity index (χ0n) is 7.07. The third kappa shape index (κ3) is 1.44. The molecule has 0 aliphatic carbocycles. The van der Waals surface area contributed by atoms with Gasteiger partial charge < -0.3 is 4.98 Å². The van der Waals surface area contributed by atoms with Crippen molar-refractivity contribution in [2.24, 2.45) is 0 Å². The Balaban J connectivity index is 2.63. The molecule has 13 heavy (non-hydrogen) atoms. The summed E-state index contributed by atoms with van der Waals surface area (Å²) in [7, 11) is 0. The Hall–Kier alpha value is -1.30. The van der Waals surface area contributed by atoms with Crippen LogP contribution in [0.4, 0.5) is 0 Å². The molecule has 2 aromatic heterocycles. The van der Waals surface area contributed by atoms with E-state index in [0.717, 1.165) is 24.4 Å². The highest BCUT2D eigenvalue weighted by Crippen LogP contribution is 2.07. The molecular weight excluding hydrogens is 188 g/mol. The minimum absolute atomic E-state index is 0.192. The van der Waals surface area contributed by atoms with Crippen LogP contribution in [-0.2, 0) is 6.42 Å². The van der Waals surface area contributed by atoms with Crippen LogP contribution in [0.2, 0.25) is 0 Å². The van der Waals surface area contributed by atoms with Crippen LogP contribution in [0.15, 0.2) is 4.79 Å². The van der Waals surface area contributed by atoms with Gasteiger partial charge in [-0.3, -0.25) is 4.79 Å². The van der Waals surface area contributed by atoms with Crippen LogP contribution in [0, 0.1) is 0 Å². The summed E-state index contributed by atoms with van der Waals surface area (Å²) in [6.07, 6.45) is 1.74. The quantitative estimate of drug-likeness (QED) is 0.768. The first-order valence-corrected chi connectivity index (χ1v) is 4.80. The summed E-state index contributed by atoms with van der Waals surface area (Å²) in [6.45, 7) is 2.04. The van der Waals surface area contributed by atoms with Crippen LogP contribution in [0.1, 0.15) is 19.2 Å². The molecule has 5 nitrogen and oxygen atoms in total. The van der Waals surface area contributed by atoms with E-state index in [2.05, 4.69) is 19.6 Å². The summed E-state index contributed by atoms with van der Waals surface area (Å²) in [4.78, 5) is 18.9. The van der Waals surface area contributed by atoms with E-state index in [4.69, 9.17) is 0 Å². The second-order valence-electron chi connectivity index (χ2n) is 2.69. The van der Waals surface area contributed by atoms with E-state index in [0.29, 0.717) is 16.2 Å². The number of nitrogens with zero attached hydrogens (tertiary/aromatic N) is 3. The van der Waals surface area contributed by atoms with E-state index < -0.39 is 0 Å². The standard InChI is InChI=1S/C7H8N4OS/c1-2-3-4-8-6(12)5-7(9-4)13-11-10-5/h2-3H2,1H3,(H,8,9,12). The highest BCUT2D eigenvalue weighted by atomic mass is 32.1. The van der Waals surface area contributed by atoms with Crippen molar-refractivity contribution < 1.29 is 0 Å². The smallest absolute Gasteiger partial charge is 0.280 e. The Morgan fingerprint density at radius 1 is 1.54 bits per heavy atom. The molecule has 0 saturated carbocycles. The number of aryl methyl sites for hydroxylation is 1. The van der Waals surface area contributed by atoms with Crippen LogP contribution in [0.25, 0.3) is 10.3 Å². The number of aromatic amines is 1. The number of rotatable bonds is 2. The molecule has 0 spiro atoms. The lowest BCUT2D eigenvalue weighted by Crippen LogP contribution is -2.11. The Labute approximate surface area is 78.0 Å². The van der Waals surface area contributed by atoms with Crippen molar-refractivity contribution in [3.8, 4) is 0 Å². The van der Waals surface area contributed by atoms with Gasteiger partial charge in [0, 0.05) is 18.0 Å². The predicted molar refractivity (Wildman–Crippen MR) is 49.8 cm³/mol. The van der Waals surface area contributed by atoms with Crippen molar-refractivity contribution in [1.29, 1.82) is 0 Å². The van der Waals surface area contributed by atoms with Crippen molar-refractivity contribution in [3.63, 3.8) is 0 Å². The van der Waals surface area contributed by atoms with E-state index in [1.165, 1.54) is 0 Å². The third-order valence-electron chi connectivity index (χ3n) is 1.67. The maximum atomic E-state index is 11.3. The van der Waals surface area contributed by atoms with E-state index in [1.54, 1.807) is 0 Å². The summed E-state index contributed by atoms with van der Waals surface area (Å²) in [5.74, 6) is 0.714. The van der Waals surface area contributed by atoms with Crippen molar-refractivity contribution in [1.82, 2.24) is 19.6 Å². The lowest BCUT2D eigenvalue weighted by Gasteiger charge is -1.95. The van der Waals surface area contributed by atoms with Crippen LogP contribution < -0.4 is 5.56 Å². The fourth-order valence-electron chi connectivity index (χ4n) is 1.10. The Kier molecular flexibility index (Phi) is 2.05. The van der Waals surface area contributed by atoms with Crippen LogP contribution in [-0.4, -0.2) is 19.6 Å². The zero-order valence-corrected chi connectivity index (χ0v) is 7.89. The molecule has 2 aromatic rings. The molecular formula is C7H8N4OS. The van der Waals surface area contributed by atoms with Crippen molar-refractivity contribution in [2.75, 3.05) is 0 Å². The number of nitrogens with one attached hydrogen (secondary N) is 1. The van der Waals surface area contributed by atoms with E-state index in [-0.39, 0.29) is 5.56 Å². The molecule has 0 fully saturated rings. The lowest BCUT2D eigenvalue weighted by molar-refractivity contribution is 0.837. The monoisotopic (exact) mass is 196 g/mol. The molecule has 0 unspecified atom stereocenters. The summed E-state index contributed by atoms with van der Waals surface area (Å²) < 4.78 is 3.67. The van der Waals surface area contributed by atoms with Crippen molar-refractivity contribution in [3.05, 3.63) is 16.2 Å². The number of aromatic nitrogens is 4. The molecule has 1 N–H and O–H groups in total. The van der Waals surface area contributed by atoms with Gasteiger partial charge in [-0.15, -0.1) is 5.10 Å². The number of hydrogen-bond donors (Lipinski definition) is 1. The minimum atomic E-state index is -0.192. The van der Waals surface area contributed by atoms with Gasteiger partial charge in [0.05, 0.1) is 0 Å². The molecule has 0 bridgehead atoms. The maximum absolute atomic E-state index is 11.3. The molecule has 0 amide bonds. The van der Waals surface area contributed by atoms with Gasteiger partial charge in [-0.2, -0.15) is 0 Å². The van der Waals surface area contributed by atoms with E-state index in [1.807, 2.05) is 6.92 Å². The van der Waals surface area contributed by atoms with E-state index >= 15 is 0 Å². The first-order valence-electron chi connectivity index (χ1n) is 4.02. The lowest BCUT2D eigenvalue weighted by atomic mass is 10.3. The fraction of sp³-hybridized carbons (Fsp3) is 0.429. The van der Waals surface area contributed by atoms with Gasteiger partial charge in [0.1, 0.15) is 5.82 Å². The average molecular weight is 196 g/mol. The zero-order chi connectivity index (χ0) is 9.26. The molecule has 2 heterocycles. The largest absolute Gasteiger partial charge is 0.309 e. The Bertz CT molecular complexity index is 475. The SMILES string of the molecule is CCCc1nc2snnc2c(=O)[nH]1. The second kappa shape index (κ2) is 3.21. The highest BCUT2D eigenvalue weighted by Gasteiger charge is 2.06. The molecule has 0 aliphatic heterocycles. The topological polar surface area (TPSA) is 71.5 Å². The molecule has 2 rings (SSSR count). The second-order valence-corrected chi connectivity index (χ2v) is 3.42. The van der Waals surface area contributed by atoms with Gasteiger partial charge in [-0.05, 0) is 6.42 Å². The summed E-state index contributed by atoms with van der Waals surface area (Å²) >= 11 is 1.15. The maximum Gasteiger partial charge on any atom is 0.280 e. The van der Waals surface area contributed by atoms with Gasteiger partial charge in [0.25, 0.3) is 5.56 Å². The van der Waals surface area contributed by atoms with Gasteiger partial charge >= 0.3 is 0 Å². The van der Waals surface area contributed by atoms with Gasteiger partial charge in [-0.1, -0.05) is 11.4 Å². The van der Waals surface area contributed by atoms with Crippen LogP contribution >= 0.6 is 11.5 Å². The predicted octanol–water partition coefficient (Wildman–Crippen LogP) is 0.727.